The average Bonchev–Trinajstić information content (AvgIpc) is 2.74. The Bertz CT molecular complexity index is 1360. The molecule has 0 spiro atoms. The van der Waals surface area contributed by atoms with Crippen molar-refractivity contribution in [2.75, 3.05) is 0 Å². The quantitative estimate of drug-likeness (QED) is 0.501. The molecule has 1 aromatic heterocycles. The van der Waals surface area contributed by atoms with Gasteiger partial charge in [0.25, 0.3) is 5.56 Å². The summed E-state index contributed by atoms with van der Waals surface area (Å²) in [6.07, 6.45) is 3.28. The Balaban J connectivity index is 1.98. The molecule has 0 aliphatic heterocycles. The number of carboxylic acid groups (broad SMARTS) is 1. The number of halogens is 2. The maximum atomic E-state index is 13.3. The number of hydrogen-bond donors (Lipinski definition) is 1. The molecule has 0 unspecified atom stereocenters. The molecule has 0 aliphatic carbocycles. The minimum atomic E-state index is -1.14. The summed E-state index contributed by atoms with van der Waals surface area (Å²) in [5.41, 5.74) is 1.00. The number of hydrogen-bond acceptors (Lipinski definition) is 3. The molecule has 30 heavy (non-hydrogen) atoms. The van der Waals surface area contributed by atoms with Gasteiger partial charge in [-0.1, -0.05) is 41.9 Å². The van der Waals surface area contributed by atoms with Crippen LogP contribution in [0.4, 0.5) is 4.39 Å². The zero-order valence-corrected chi connectivity index (χ0v) is 16.2. The zero-order chi connectivity index (χ0) is 21.3. The van der Waals surface area contributed by atoms with Gasteiger partial charge in [-0.3, -0.25) is 9.36 Å². The van der Waals surface area contributed by atoms with E-state index in [1.807, 2.05) is 0 Å². The van der Waals surface area contributed by atoms with Crippen molar-refractivity contribution in [2.24, 2.45) is 0 Å². The molecule has 0 saturated heterocycles. The predicted molar refractivity (Wildman–Crippen MR) is 115 cm³/mol. The second kappa shape index (κ2) is 7.93. The maximum absolute atomic E-state index is 13.3. The fraction of sp³-hybridized carbons (Fsp3) is 0. The standard InChI is InChI=1S/C23H14ClFN2O3/c24-18-11-8-15(23(29)30)13-20(18)27-21(12-7-14-5-9-16(25)10-6-14)26-19-4-2-1-3-17(19)22(27)28/h1-13H,(H,29,30)/b12-7+. The minimum Gasteiger partial charge on any atom is -0.478 e. The molecule has 0 bridgehead atoms. The number of carbonyl (C=O) groups is 1. The highest BCUT2D eigenvalue weighted by Gasteiger charge is 2.15. The van der Waals surface area contributed by atoms with Gasteiger partial charge in [0, 0.05) is 0 Å². The van der Waals surface area contributed by atoms with Crippen molar-refractivity contribution < 1.29 is 14.3 Å². The largest absolute Gasteiger partial charge is 0.478 e. The van der Waals surface area contributed by atoms with Crippen molar-refractivity contribution in [3.63, 3.8) is 0 Å². The Hall–Kier alpha value is -3.77. The van der Waals surface area contributed by atoms with E-state index in [0.717, 1.165) is 0 Å². The molecule has 148 valence electrons. The number of aromatic carboxylic acids is 1. The first-order valence-electron chi connectivity index (χ1n) is 8.93. The Morgan fingerprint density at radius 2 is 1.77 bits per heavy atom. The molecule has 0 fully saturated rings. The van der Waals surface area contributed by atoms with Gasteiger partial charge in [-0.25, -0.2) is 14.2 Å². The van der Waals surface area contributed by atoms with E-state index in [4.69, 9.17) is 11.6 Å². The molecule has 1 N–H and O–H groups in total. The fourth-order valence-electron chi connectivity index (χ4n) is 3.06. The normalized spacial score (nSPS) is 11.3. The van der Waals surface area contributed by atoms with Crippen molar-refractivity contribution in [1.82, 2.24) is 9.55 Å². The van der Waals surface area contributed by atoms with Crippen LogP contribution in [0.1, 0.15) is 21.7 Å². The molecule has 3 aromatic carbocycles. The number of nitrogens with zero attached hydrogens (tertiary/aromatic N) is 2. The van der Waals surface area contributed by atoms with Gasteiger partial charge in [-0.15, -0.1) is 0 Å². The van der Waals surface area contributed by atoms with Crippen LogP contribution < -0.4 is 5.56 Å². The van der Waals surface area contributed by atoms with Crippen LogP contribution in [-0.2, 0) is 0 Å². The zero-order valence-electron chi connectivity index (χ0n) is 15.4. The van der Waals surface area contributed by atoms with Gasteiger partial charge in [0.15, 0.2) is 0 Å². The molecule has 5 nitrogen and oxygen atoms in total. The van der Waals surface area contributed by atoms with Crippen LogP contribution in [0.3, 0.4) is 0 Å². The summed E-state index contributed by atoms with van der Waals surface area (Å²) < 4.78 is 14.4. The van der Waals surface area contributed by atoms with E-state index in [-0.39, 0.29) is 33.5 Å². The monoisotopic (exact) mass is 420 g/mol. The number of aromatic nitrogens is 2. The summed E-state index contributed by atoms with van der Waals surface area (Å²) in [5.74, 6) is -1.24. The third-order valence-corrected chi connectivity index (χ3v) is 4.85. The Kier molecular flexibility index (Phi) is 5.16. The van der Waals surface area contributed by atoms with Crippen LogP contribution >= 0.6 is 11.6 Å². The SMILES string of the molecule is O=C(O)c1ccc(Cl)c(-n2c(/C=C/c3ccc(F)cc3)nc3ccccc3c2=O)c1. The van der Waals surface area contributed by atoms with Crippen LogP contribution in [0.15, 0.2) is 71.5 Å². The van der Waals surface area contributed by atoms with Gasteiger partial charge < -0.3 is 5.11 Å². The second-order valence-electron chi connectivity index (χ2n) is 6.48. The van der Waals surface area contributed by atoms with Gasteiger partial charge in [-0.05, 0) is 54.1 Å². The van der Waals surface area contributed by atoms with E-state index in [1.165, 1.54) is 34.9 Å². The summed E-state index contributed by atoms with van der Waals surface area (Å²) in [6, 6.07) is 16.8. The number of carboxylic acids is 1. The lowest BCUT2D eigenvalue weighted by atomic mass is 10.1. The molecule has 0 aliphatic rings. The summed E-state index contributed by atoms with van der Waals surface area (Å²) in [7, 11) is 0. The molecular weight excluding hydrogens is 407 g/mol. The molecule has 0 saturated carbocycles. The lowest BCUT2D eigenvalue weighted by molar-refractivity contribution is 0.0697. The van der Waals surface area contributed by atoms with Crippen molar-refractivity contribution in [1.29, 1.82) is 0 Å². The van der Waals surface area contributed by atoms with Crippen molar-refractivity contribution in [3.05, 3.63) is 105 Å². The van der Waals surface area contributed by atoms with Crippen molar-refractivity contribution in [2.45, 2.75) is 0 Å². The van der Waals surface area contributed by atoms with Crippen LogP contribution in [-0.4, -0.2) is 20.6 Å². The van der Waals surface area contributed by atoms with Gasteiger partial charge in [0.2, 0.25) is 0 Å². The van der Waals surface area contributed by atoms with Crippen LogP contribution in [0.25, 0.3) is 28.7 Å². The molecule has 1 heterocycles. The minimum absolute atomic E-state index is 0.0112. The van der Waals surface area contributed by atoms with Gasteiger partial charge in [0.05, 0.1) is 27.2 Å². The third kappa shape index (κ3) is 3.73. The lowest BCUT2D eigenvalue weighted by Crippen LogP contribution is -2.23. The molecule has 7 heteroatoms. The van der Waals surface area contributed by atoms with Crippen LogP contribution in [0.5, 0.6) is 0 Å². The van der Waals surface area contributed by atoms with Crippen molar-refractivity contribution in [3.8, 4) is 5.69 Å². The Labute approximate surface area is 175 Å². The van der Waals surface area contributed by atoms with E-state index in [0.29, 0.717) is 16.5 Å². The Morgan fingerprint density at radius 3 is 2.50 bits per heavy atom. The van der Waals surface area contributed by atoms with Gasteiger partial charge >= 0.3 is 5.97 Å². The smallest absolute Gasteiger partial charge is 0.335 e. The van der Waals surface area contributed by atoms with E-state index >= 15 is 0 Å². The van der Waals surface area contributed by atoms with Crippen molar-refractivity contribution >= 4 is 40.6 Å². The highest BCUT2D eigenvalue weighted by Crippen LogP contribution is 2.24. The van der Waals surface area contributed by atoms with Crippen LogP contribution in [0, 0.1) is 5.82 Å². The summed E-state index contributed by atoms with van der Waals surface area (Å²) in [6.45, 7) is 0. The first-order chi connectivity index (χ1) is 14.4. The highest BCUT2D eigenvalue weighted by atomic mass is 35.5. The summed E-state index contributed by atoms with van der Waals surface area (Å²) in [5, 5.41) is 9.91. The van der Waals surface area contributed by atoms with E-state index in [9.17, 15) is 19.1 Å². The van der Waals surface area contributed by atoms with Gasteiger partial charge in [0.1, 0.15) is 11.6 Å². The topological polar surface area (TPSA) is 72.2 Å². The third-order valence-electron chi connectivity index (χ3n) is 4.53. The summed E-state index contributed by atoms with van der Waals surface area (Å²) >= 11 is 6.32. The Morgan fingerprint density at radius 1 is 1.03 bits per heavy atom. The number of para-hydroxylation sites is 1. The van der Waals surface area contributed by atoms with Gasteiger partial charge in [-0.2, -0.15) is 0 Å². The molecule has 0 amide bonds. The molecule has 0 radical (unpaired) electrons. The first-order valence-corrected chi connectivity index (χ1v) is 9.30. The molecule has 0 atom stereocenters. The maximum Gasteiger partial charge on any atom is 0.335 e. The summed E-state index contributed by atoms with van der Waals surface area (Å²) in [4.78, 5) is 29.3. The predicted octanol–water partition coefficient (Wildman–Crippen LogP) is 5.05. The molecule has 4 rings (SSSR count). The number of rotatable bonds is 4. The second-order valence-corrected chi connectivity index (χ2v) is 6.89. The molecule has 4 aromatic rings. The number of benzene rings is 3. The lowest BCUT2D eigenvalue weighted by Gasteiger charge is -2.13. The fourth-order valence-corrected chi connectivity index (χ4v) is 3.26. The average molecular weight is 421 g/mol. The number of fused-ring (bicyclic) bond motifs is 1. The van der Waals surface area contributed by atoms with E-state index in [1.54, 1.807) is 48.6 Å². The highest BCUT2D eigenvalue weighted by molar-refractivity contribution is 6.32. The molecular formula is C23H14ClFN2O3. The van der Waals surface area contributed by atoms with E-state index < -0.39 is 5.97 Å². The van der Waals surface area contributed by atoms with Crippen LogP contribution in [0.2, 0.25) is 5.02 Å². The van der Waals surface area contributed by atoms with E-state index in [2.05, 4.69) is 4.98 Å². The first kappa shape index (κ1) is 19.5.